The van der Waals surface area contributed by atoms with Gasteiger partial charge in [-0.1, -0.05) is 12.2 Å². The molecule has 0 spiro atoms. The smallest absolute Gasteiger partial charge is 0.107 e. The Hall–Kier alpha value is -0.810. The first-order valence-corrected chi connectivity index (χ1v) is 6.87. The molecule has 0 radical (unpaired) electrons. The first-order chi connectivity index (χ1) is 7.56. The average molecular weight is 255 g/mol. The van der Waals surface area contributed by atoms with Crippen LogP contribution in [0.3, 0.4) is 0 Å². The molecule has 0 saturated carbocycles. The first kappa shape index (κ1) is 13.3. The SMILES string of the molecule is CSCCNc1cc(C)nc(C)c1C(N)=S. The number of pyridine rings is 1. The largest absolute Gasteiger partial charge is 0.389 e. The Morgan fingerprint density at radius 1 is 1.56 bits per heavy atom. The van der Waals surface area contributed by atoms with E-state index in [1.54, 1.807) is 11.8 Å². The van der Waals surface area contributed by atoms with Gasteiger partial charge in [-0.2, -0.15) is 11.8 Å². The van der Waals surface area contributed by atoms with Crippen LogP contribution in [0.5, 0.6) is 0 Å². The molecule has 1 aromatic heterocycles. The highest BCUT2D eigenvalue weighted by molar-refractivity contribution is 7.98. The molecule has 0 aliphatic carbocycles. The maximum absolute atomic E-state index is 5.72. The summed E-state index contributed by atoms with van der Waals surface area (Å²) < 4.78 is 0. The first-order valence-electron chi connectivity index (χ1n) is 5.07. The molecule has 0 fully saturated rings. The number of hydrogen-bond donors (Lipinski definition) is 2. The van der Waals surface area contributed by atoms with Crippen LogP contribution >= 0.6 is 24.0 Å². The van der Waals surface area contributed by atoms with Gasteiger partial charge in [-0.15, -0.1) is 0 Å². The van der Waals surface area contributed by atoms with Crippen LogP contribution in [-0.4, -0.2) is 28.5 Å². The van der Waals surface area contributed by atoms with Crippen LogP contribution in [0.2, 0.25) is 0 Å². The summed E-state index contributed by atoms with van der Waals surface area (Å²) in [4.78, 5) is 4.77. The number of aromatic nitrogens is 1. The summed E-state index contributed by atoms with van der Waals surface area (Å²) in [6.07, 6.45) is 2.08. The number of aryl methyl sites for hydroxylation is 2. The fraction of sp³-hybridized carbons (Fsp3) is 0.455. The molecule has 88 valence electrons. The van der Waals surface area contributed by atoms with Gasteiger partial charge < -0.3 is 11.1 Å². The Balaban J connectivity index is 2.99. The van der Waals surface area contributed by atoms with Crippen molar-refractivity contribution < 1.29 is 0 Å². The third kappa shape index (κ3) is 3.35. The van der Waals surface area contributed by atoms with E-state index in [0.29, 0.717) is 4.99 Å². The molecule has 0 amide bonds. The normalized spacial score (nSPS) is 10.2. The Kier molecular flexibility index (Phi) is 5.02. The van der Waals surface area contributed by atoms with E-state index in [2.05, 4.69) is 16.6 Å². The number of thioether (sulfide) groups is 1. The van der Waals surface area contributed by atoms with Gasteiger partial charge in [0.25, 0.3) is 0 Å². The van der Waals surface area contributed by atoms with Crippen molar-refractivity contribution in [3.8, 4) is 0 Å². The summed E-state index contributed by atoms with van der Waals surface area (Å²) >= 11 is 6.85. The lowest BCUT2D eigenvalue weighted by Gasteiger charge is -2.13. The molecule has 0 unspecified atom stereocenters. The topological polar surface area (TPSA) is 50.9 Å². The van der Waals surface area contributed by atoms with E-state index < -0.39 is 0 Å². The average Bonchev–Trinajstić information content (AvgIpc) is 2.16. The van der Waals surface area contributed by atoms with Crippen molar-refractivity contribution in [2.45, 2.75) is 13.8 Å². The zero-order valence-electron chi connectivity index (χ0n) is 9.83. The predicted molar refractivity (Wildman–Crippen MR) is 76.5 cm³/mol. The van der Waals surface area contributed by atoms with Crippen molar-refractivity contribution >= 4 is 34.7 Å². The van der Waals surface area contributed by atoms with Crippen LogP contribution in [0.4, 0.5) is 5.69 Å². The number of nitrogens with two attached hydrogens (primary N) is 1. The number of anilines is 1. The number of nitrogens with one attached hydrogen (secondary N) is 1. The van der Waals surface area contributed by atoms with Gasteiger partial charge in [0.2, 0.25) is 0 Å². The Bertz CT molecular complexity index is 391. The quantitative estimate of drug-likeness (QED) is 0.623. The third-order valence-electron chi connectivity index (χ3n) is 2.20. The van der Waals surface area contributed by atoms with E-state index in [1.807, 2.05) is 19.9 Å². The summed E-state index contributed by atoms with van der Waals surface area (Å²) in [5.41, 5.74) is 9.43. The molecule has 0 aromatic carbocycles. The Labute approximate surface area is 106 Å². The van der Waals surface area contributed by atoms with E-state index in [4.69, 9.17) is 18.0 Å². The lowest BCUT2D eigenvalue weighted by atomic mass is 10.1. The molecule has 3 nitrogen and oxygen atoms in total. The van der Waals surface area contributed by atoms with E-state index >= 15 is 0 Å². The number of hydrogen-bond acceptors (Lipinski definition) is 4. The summed E-state index contributed by atoms with van der Waals surface area (Å²) in [6, 6.07) is 1.99. The lowest BCUT2D eigenvalue weighted by molar-refractivity contribution is 1.10. The van der Waals surface area contributed by atoms with E-state index in [-0.39, 0.29) is 0 Å². The number of rotatable bonds is 5. The third-order valence-corrected chi connectivity index (χ3v) is 3.01. The number of nitrogens with zero attached hydrogens (tertiary/aromatic N) is 1. The second-order valence-electron chi connectivity index (χ2n) is 3.56. The maximum Gasteiger partial charge on any atom is 0.107 e. The van der Waals surface area contributed by atoms with E-state index in [9.17, 15) is 0 Å². The highest BCUT2D eigenvalue weighted by Crippen LogP contribution is 2.19. The van der Waals surface area contributed by atoms with Gasteiger partial charge in [-0.3, -0.25) is 4.98 Å². The zero-order valence-corrected chi connectivity index (χ0v) is 11.5. The molecule has 0 aliphatic rings. The van der Waals surface area contributed by atoms with Crippen LogP contribution in [-0.2, 0) is 0 Å². The molecular weight excluding hydrogens is 238 g/mol. The van der Waals surface area contributed by atoms with Crippen molar-refractivity contribution in [2.24, 2.45) is 5.73 Å². The highest BCUT2D eigenvalue weighted by Gasteiger charge is 2.10. The van der Waals surface area contributed by atoms with E-state index in [1.165, 1.54) is 0 Å². The Morgan fingerprint density at radius 3 is 2.81 bits per heavy atom. The second-order valence-corrected chi connectivity index (χ2v) is 4.98. The van der Waals surface area contributed by atoms with Crippen LogP contribution in [0.1, 0.15) is 17.0 Å². The minimum atomic E-state index is 0.400. The summed E-state index contributed by atoms with van der Waals surface area (Å²) in [5.74, 6) is 1.05. The molecule has 1 rings (SSSR count). The molecule has 0 aliphatic heterocycles. The van der Waals surface area contributed by atoms with Gasteiger partial charge in [0.05, 0.1) is 5.56 Å². The second kappa shape index (κ2) is 6.06. The van der Waals surface area contributed by atoms with Gasteiger partial charge in [-0.25, -0.2) is 0 Å². The van der Waals surface area contributed by atoms with Gasteiger partial charge >= 0.3 is 0 Å². The molecule has 0 saturated heterocycles. The molecular formula is C11H17N3S2. The molecule has 16 heavy (non-hydrogen) atoms. The monoisotopic (exact) mass is 255 g/mol. The highest BCUT2D eigenvalue weighted by atomic mass is 32.2. The number of thiocarbonyl (C=S) groups is 1. The lowest BCUT2D eigenvalue weighted by Crippen LogP contribution is -2.17. The fourth-order valence-electron chi connectivity index (χ4n) is 1.57. The zero-order chi connectivity index (χ0) is 12.1. The van der Waals surface area contributed by atoms with Crippen molar-refractivity contribution in [2.75, 3.05) is 23.9 Å². The molecule has 1 aromatic rings. The van der Waals surface area contributed by atoms with Crippen molar-refractivity contribution in [3.05, 3.63) is 23.0 Å². The summed E-state index contributed by atoms with van der Waals surface area (Å²) in [6.45, 7) is 4.80. The van der Waals surface area contributed by atoms with Gasteiger partial charge in [0.1, 0.15) is 4.99 Å². The van der Waals surface area contributed by atoms with Gasteiger partial charge in [0, 0.05) is 29.4 Å². The van der Waals surface area contributed by atoms with Gasteiger partial charge in [-0.05, 0) is 26.2 Å². The fourth-order valence-corrected chi connectivity index (χ4v) is 2.13. The van der Waals surface area contributed by atoms with Crippen molar-refractivity contribution in [3.63, 3.8) is 0 Å². The van der Waals surface area contributed by atoms with Crippen LogP contribution in [0.25, 0.3) is 0 Å². The molecule has 5 heteroatoms. The van der Waals surface area contributed by atoms with Crippen LogP contribution in [0, 0.1) is 13.8 Å². The summed E-state index contributed by atoms with van der Waals surface area (Å²) in [7, 11) is 0. The molecule has 1 heterocycles. The van der Waals surface area contributed by atoms with Crippen LogP contribution in [0.15, 0.2) is 6.07 Å². The summed E-state index contributed by atoms with van der Waals surface area (Å²) in [5, 5.41) is 3.35. The van der Waals surface area contributed by atoms with E-state index in [0.717, 1.165) is 34.9 Å². The van der Waals surface area contributed by atoms with Crippen molar-refractivity contribution in [1.82, 2.24) is 4.98 Å². The van der Waals surface area contributed by atoms with Gasteiger partial charge in [0.15, 0.2) is 0 Å². The maximum atomic E-state index is 5.72. The standard InChI is InChI=1S/C11H17N3S2/c1-7-6-9(13-4-5-16-3)10(11(12)15)8(2)14-7/h6H,4-5H2,1-3H3,(H2,12,15)(H,13,14). The molecule has 0 bridgehead atoms. The minimum Gasteiger partial charge on any atom is -0.389 e. The van der Waals surface area contributed by atoms with Crippen LogP contribution < -0.4 is 11.1 Å². The van der Waals surface area contributed by atoms with Crippen molar-refractivity contribution in [1.29, 1.82) is 0 Å². The molecule has 0 atom stereocenters. The molecule has 3 N–H and O–H groups in total. The minimum absolute atomic E-state index is 0.400. The predicted octanol–water partition coefficient (Wildman–Crippen LogP) is 2.11. The Morgan fingerprint density at radius 2 is 2.25 bits per heavy atom.